The van der Waals surface area contributed by atoms with Crippen molar-refractivity contribution >= 4 is 11.1 Å². The van der Waals surface area contributed by atoms with Gasteiger partial charge in [-0.1, -0.05) is 6.07 Å². The number of aromatic amines is 2. The number of fused-ring (bicyclic) bond motifs is 1. The zero-order chi connectivity index (χ0) is 12.5. The molecule has 0 aliphatic rings. The van der Waals surface area contributed by atoms with E-state index in [0.717, 1.165) is 11.4 Å². The normalized spacial score (nSPS) is 12.9. The predicted octanol–water partition coefficient (Wildman–Crippen LogP) is 0.935. The van der Waals surface area contributed by atoms with Gasteiger partial charge < -0.3 is 15.1 Å². The van der Waals surface area contributed by atoms with E-state index in [-0.39, 0.29) is 5.92 Å². The molecule has 1 aromatic carbocycles. The number of H-pyrrole nitrogens is 2. The second-order valence-corrected chi connectivity index (χ2v) is 4.03. The number of nitrogens with two attached hydrogens (primary N) is 1. The average molecular weight is 244 g/mol. The Balaban J connectivity index is 2.09. The molecule has 0 radical (unpaired) electrons. The van der Waals surface area contributed by atoms with Gasteiger partial charge in [0.15, 0.2) is 5.58 Å². The molecule has 18 heavy (non-hydrogen) atoms. The molecule has 6 nitrogen and oxygen atoms in total. The van der Waals surface area contributed by atoms with Crippen LogP contribution in [0.5, 0.6) is 0 Å². The van der Waals surface area contributed by atoms with Gasteiger partial charge in [-0.15, -0.1) is 0 Å². The maximum Gasteiger partial charge on any atom is 0.417 e. The molecular weight excluding hydrogens is 232 g/mol. The molecule has 2 aromatic heterocycles. The fourth-order valence-corrected chi connectivity index (χ4v) is 2.05. The van der Waals surface area contributed by atoms with Crippen molar-refractivity contribution in [3.05, 3.63) is 52.5 Å². The molecule has 0 amide bonds. The molecule has 0 saturated carbocycles. The number of hydrogen-bond donors (Lipinski definition) is 3. The molecule has 0 saturated heterocycles. The number of benzene rings is 1. The Labute approximate surface area is 102 Å². The molecule has 0 bridgehead atoms. The number of aromatic nitrogens is 3. The number of hydrogen-bond acceptors (Lipinski definition) is 4. The lowest BCUT2D eigenvalue weighted by molar-refractivity contribution is 0.554. The summed E-state index contributed by atoms with van der Waals surface area (Å²) in [7, 11) is 0. The SMILES string of the molecule is NCC(c1ccc2[nH]c(=O)oc2c1)c1ncc[nH]1. The Morgan fingerprint density at radius 2 is 2.33 bits per heavy atom. The largest absolute Gasteiger partial charge is 0.417 e. The monoisotopic (exact) mass is 244 g/mol. The molecule has 0 spiro atoms. The summed E-state index contributed by atoms with van der Waals surface area (Å²) in [5.74, 6) is 0.309. The standard InChI is InChI=1S/C12H12N4O2/c13-6-8(11-14-3-4-15-11)7-1-2-9-10(5-7)18-12(17)16-9/h1-5,8H,6,13H2,(H,14,15)(H,16,17). The summed E-state index contributed by atoms with van der Waals surface area (Å²) in [4.78, 5) is 21.0. The lowest BCUT2D eigenvalue weighted by atomic mass is 9.98. The van der Waals surface area contributed by atoms with Crippen LogP contribution in [0.4, 0.5) is 0 Å². The van der Waals surface area contributed by atoms with Gasteiger partial charge in [-0.05, 0) is 17.7 Å². The quantitative estimate of drug-likeness (QED) is 0.638. The van der Waals surface area contributed by atoms with Gasteiger partial charge in [-0.2, -0.15) is 0 Å². The number of nitrogens with zero attached hydrogens (tertiary/aromatic N) is 1. The molecular formula is C12H12N4O2. The first-order valence-electron chi connectivity index (χ1n) is 5.60. The van der Waals surface area contributed by atoms with E-state index >= 15 is 0 Å². The second-order valence-electron chi connectivity index (χ2n) is 4.03. The molecule has 4 N–H and O–H groups in total. The van der Waals surface area contributed by atoms with Crippen molar-refractivity contribution in [3.8, 4) is 0 Å². The van der Waals surface area contributed by atoms with E-state index in [4.69, 9.17) is 10.2 Å². The van der Waals surface area contributed by atoms with Crippen LogP contribution in [0.3, 0.4) is 0 Å². The van der Waals surface area contributed by atoms with Crippen LogP contribution in [-0.4, -0.2) is 21.5 Å². The molecule has 1 unspecified atom stereocenters. The van der Waals surface area contributed by atoms with Crippen LogP contribution in [0.15, 0.2) is 39.8 Å². The molecule has 0 fully saturated rings. The maximum atomic E-state index is 11.1. The first-order valence-corrected chi connectivity index (χ1v) is 5.60. The minimum atomic E-state index is -0.454. The zero-order valence-electron chi connectivity index (χ0n) is 9.51. The van der Waals surface area contributed by atoms with Crippen LogP contribution in [0.25, 0.3) is 11.1 Å². The van der Waals surface area contributed by atoms with Gasteiger partial charge in [-0.25, -0.2) is 9.78 Å². The van der Waals surface area contributed by atoms with E-state index in [2.05, 4.69) is 15.0 Å². The minimum Gasteiger partial charge on any atom is -0.408 e. The molecule has 1 atom stereocenters. The van der Waals surface area contributed by atoms with Crippen molar-refractivity contribution < 1.29 is 4.42 Å². The fourth-order valence-electron chi connectivity index (χ4n) is 2.05. The van der Waals surface area contributed by atoms with Gasteiger partial charge in [0.2, 0.25) is 0 Å². The molecule has 0 aliphatic heterocycles. The highest BCUT2D eigenvalue weighted by Gasteiger charge is 2.16. The Morgan fingerprint density at radius 1 is 1.44 bits per heavy atom. The zero-order valence-corrected chi connectivity index (χ0v) is 9.51. The van der Waals surface area contributed by atoms with Crippen LogP contribution in [-0.2, 0) is 0 Å². The van der Waals surface area contributed by atoms with Crippen LogP contribution < -0.4 is 11.5 Å². The minimum absolute atomic E-state index is 0.0374. The molecule has 3 aromatic rings. The summed E-state index contributed by atoms with van der Waals surface area (Å²) in [6.07, 6.45) is 3.44. The Morgan fingerprint density at radius 3 is 3.06 bits per heavy atom. The molecule has 6 heteroatoms. The third-order valence-electron chi connectivity index (χ3n) is 2.93. The average Bonchev–Trinajstić information content (AvgIpc) is 2.97. The number of rotatable bonds is 3. The van der Waals surface area contributed by atoms with Crippen LogP contribution >= 0.6 is 0 Å². The third-order valence-corrected chi connectivity index (χ3v) is 2.93. The van der Waals surface area contributed by atoms with Gasteiger partial charge in [0, 0.05) is 18.9 Å². The van der Waals surface area contributed by atoms with Gasteiger partial charge >= 0.3 is 5.76 Å². The van der Waals surface area contributed by atoms with Crippen molar-refractivity contribution in [1.82, 2.24) is 15.0 Å². The first-order chi connectivity index (χ1) is 8.78. The lowest BCUT2D eigenvalue weighted by Gasteiger charge is -2.12. The van der Waals surface area contributed by atoms with E-state index in [0.29, 0.717) is 17.6 Å². The van der Waals surface area contributed by atoms with Gasteiger partial charge in [0.25, 0.3) is 0 Å². The summed E-state index contributed by atoms with van der Waals surface area (Å²) in [5, 5.41) is 0. The Bertz CT molecular complexity index is 711. The van der Waals surface area contributed by atoms with E-state index in [1.54, 1.807) is 18.5 Å². The van der Waals surface area contributed by atoms with Gasteiger partial charge in [0.05, 0.1) is 11.4 Å². The molecule has 2 heterocycles. The third kappa shape index (κ3) is 1.72. The smallest absolute Gasteiger partial charge is 0.408 e. The van der Waals surface area contributed by atoms with E-state index in [1.165, 1.54) is 0 Å². The summed E-state index contributed by atoms with van der Waals surface area (Å²) in [5.41, 5.74) is 7.96. The number of oxazole rings is 1. The van der Waals surface area contributed by atoms with E-state index < -0.39 is 5.76 Å². The maximum absolute atomic E-state index is 11.1. The van der Waals surface area contributed by atoms with Crippen LogP contribution in [0.2, 0.25) is 0 Å². The predicted molar refractivity (Wildman–Crippen MR) is 66.3 cm³/mol. The summed E-state index contributed by atoms with van der Waals surface area (Å²) in [6, 6.07) is 5.53. The van der Waals surface area contributed by atoms with E-state index in [1.807, 2.05) is 12.1 Å². The molecule has 0 aliphatic carbocycles. The Kier molecular flexibility index (Phi) is 2.49. The highest BCUT2D eigenvalue weighted by Crippen LogP contribution is 2.23. The number of nitrogens with one attached hydrogen (secondary N) is 2. The molecule has 3 rings (SSSR count). The fraction of sp³-hybridized carbons (Fsp3) is 0.167. The van der Waals surface area contributed by atoms with Crippen molar-refractivity contribution in [2.45, 2.75) is 5.92 Å². The number of imidazole rings is 1. The van der Waals surface area contributed by atoms with Crippen LogP contribution in [0.1, 0.15) is 17.3 Å². The van der Waals surface area contributed by atoms with Crippen molar-refractivity contribution in [2.75, 3.05) is 6.54 Å². The van der Waals surface area contributed by atoms with Crippen molar-refractivity contribution in [1.29, 1.82) is 0 Å². The second kappa shape index (κ2) is 4.15. The van der Waals surface area contributed by atoms with Gasteiger partial charge in [0.1, 0.15) is 5.82 Å². The first kappa shape index (κ1) is 10.8. The van der Waals surface area contributed by atoms with E-state index in [9.17, 15) is 4.79 Å². The Hall–Kier alpha value is -2.34. The topological polar surface area (TPSA) is 101 Å². The summed E-state index contributed by atoms with van der Waals surface area (Å²) in [6.45, 7) is 0.424. The van der Waals surface area contributed by atoms with Crippen molar-refractivity contribution in [2.24, 2.45) is 5.73 Å². The highest BCUT2D eigenvalue weighted by atomic mass is 16.4. The highest BCUT2D eigenvalue weighted by molar-refractivity contribution is 5.73. The summed E-state index contributed by atoms with van der Waals surface area (Å²) >= 11 is 0. The summed E-state index contributed by atoms with van der Waals surface area (Å²) < 4.78 is 5.04. The van der Waals surface area contributed by atoms with Crippen molar-refractivity contribution in [3.63, 3.8) is 0 Å². The molecule has 92 valence electrons. The lowest BCUT2D eigenvalue weighted by Crippen LogP contribution is -2.15. The van der Waals surface area contributed by atoms with Gasteiger partial charge in [-0.3, -0.25) is 4.98 Å². The van der Waals surface area contributed by atoms with Crippen LogP contribution in [0, 0.1) is 0 Å².